The van der Waals surface area contributed by atoms with E-state index in [9.17, 15) is 9.90 Å². The lowest BCUT2D eigenvalue weighted by Gasteiger charge is -2.23. The van der Waals surface area contributed by atoms with Crippen LogP contribution in [0.25, 0.3) is 0 Å². The van der Waals surface area contributed by atoms with E-state index in [1.807, 2.05) is 45.9 Å². The molecule has 0 aliphatic carbocycles. The van der Waals surface area contributed by atoms with Crippen molar-refractivity contribution in [3.63, 3.8) is 0 Å². The Labute approximate surface area is 131 Å². The Morgan fingerprint density at radius 2 is 1.73 bits per heavy atom. The third kappa shape index (κ3) is 3.57. The zero-order valence-electron chi connectivity index (χ0n) is 13.8. The van der Waals surface area contributed by atoms with Crippen LogP contribution in [0.2, 0.25) is 0 Å². The van der Waals surface area contributed by atoms with Gasteiger partial charge in [0.15, 0.2) is 0 Å². The van der Waals surface area contributed by atoms with E-state index in [4.69, 9.17) is 4.42 Å². The molecule has 1 unspecified atom stereocenters. The molecule has 1 atom stereocenters. The number of nitrogens with one attached hydrogen (secondary N) is 1. The van der Waals surface area contributed by atoms with Gasteiger partial charge in [-0.1, -0.05) is 17.2 Å². The van der Waals surface area contributed by atoms with E-state index in [0.717, 1.165) is 16.9 Å². The molecular weight excluding hydrogens is 278 g/mol. The fourth-order valence-electron chi connectivity index (χ4n) is 2.72. The Kier molecular flexibility index (Phi) is 4.42. The van der Waals surface area contributed by atoms with E-state index in [-0.39, 0.29) is 12.5 Å². The second kappa shape index (κ2) is 5.97. The molecule has 0 bridgehead atoms. The first-order chi connectivity index (χ1) is 10.2. The van der Waals surface area contributed by atoms with E-state index < -0.39 is 5.60 Å². The van der Waals surface area contributed by atoms with Crippen LogP contribution in [0, 0.1) is 27.7 Å². The zero-order chi connectivity index (χ0) is 16.5. The first-order valence-electron chi connectivity index (χ1n) is 7.35. The predicted molar refractivity (Wildman–Crippen MR) is 86.0 cm³/mol. The number of hydrogen-bond donors (Lipinski definition) is 2. The van der Waals surface area contributed by atoms with Crippen molar-refractivity contribution in [2.75, 3.05) is 6.54 Å². The van der Waals surface area contributed by atoms with Crippen LogP contribution in [0.15, 0.2) is 28.7 Å². The van der Waals surface area contributed by atoms with E-state index in [2.05, 4.69) is 5.32 Å². The highest BCUT2D eigenvalue weighted by Crippen LogP contribution is 2.26. The van der Waals surface area contributed by atoms with Crippen LogP contribution in [0.1, 0.15) is 45.5 Å². The Balaban J connectivity index is 2.11. The summed E-state index contributed by atoms with van der Waals surface area (Å²) >= 11 is 0. The van der Waals surface area contributed by atoms with Crippen molar-refractivity contribution >= 4 is 5.91 Å². The molecule has 4 heteroatoms. The molecule has 0 saturated heterocycles. The minimum atomic E-state index is -1.17. The van der Waals surface area contributed by atoms with Gasteiger partial charge in [0.25, 0.3) is 5.91 Å². The molecule has 2 aromatic rings. The van der Waals surface area contributed by atoms with E-state index in [1.54, 1.807) is 13.0 Å². The van der Waals surface area contributed by atoms with Gasteiger partial charge in [-0.05, 0) is 52.8 Å². The lowest BCUT2D eigenvalue weighted by atomic mass is 9.96. The molecule has 1 heterocycles. The Morgan fingerprint density at radius 1 is 1.14 bits per heavy atom. The summed E-state index contributed by atoms with van der Waals surface area (Å²) in [7, 11) is 0. The zero-order valence-corrected chi connectivity index (χ0v) is 13.8. The molecule has 0 fully saturated rings. The quantitative estimate of drug-likeness (QED) is 0.912. The van der Waals surface area contributed by atoms with Crippen molar-refractivity contribution < 1.29 is 14.3 Å². The fourth-order valence-corrected chi connectivity index (χ4v) is 2.72. The van der Waals surface area contributed by atoms with Crippen LogP contribution in [0.3, 0.4) is 0 Å². The summed E-state index contributed by atoms with van der Waals surface area (Å²) in [4.78, 5) is 12.3. The number of hydrogen-bond acceptors (Lipinski definition) is 3. The van der Waals surface area contributed by atoms with Gasteiger partial charge in [0.1, 0.15) is 17.1 Å². The molecule has 0 aliphatic heterocycles. The summed E-state index contributed by atoms with van der Waals surface area (Å²) in [5.41, 5.74) is 2.21. The lowest BCUT2D eigenvalue weighted by Crippen LogP contribution is -2.38. The first kappa shape index (κ1) is 16.3. The Bertz CT molecular complexity index is 678. The number of benzene rings is 1. The molecule has 1 aromatic carbocycles. The number of furan rings is 1. The average Bonchev–Trinajstić information content (AvgIpc) is 2.75. The molecule has 0 saturated carbocycles. The van der Waals surface area contributed by atoms with Crippen LogP contribution in [-0.2, 0) is 5.60 Å². The van der Waals surface area contributed by atoms with Crippen molar-refractivity contribution in [2.24, 2.45) is 0 Å². The lowest BCUT2D eigenvalue weighted by molar-refractivity contribution is 0.0514. The molecule has 1 aromatic heterocycles. The first-order valence-corrected chi connectivity index (χ1v) is 7.35. The molecule has 118 valence electrons. The van der Waals surface area contributed by atoms with E-state index in [1.165, 1.54) is 0 Å². The van der Waals surface area contributed by atoms with Gasteiger partial charge in [0, 0.05) is 11.1 Å². The second-order valence-electron chi connectivity index (χ2n) is 6.16. The standard InChI is InChI=1S/C18H23NO3/c1-11-6-12(2)8-15(7-11)17(20)19-10-18(5,21)16-9-13(3)22-14(16)4/h6-9,21H,10H2,1-5H3,(H,19,20). The number of carbonyl (C=O) groups is 1. The summed E-state index contributed by atoms with van der Waals surface area (Å²) in [5, 5.41) is 13.4. The summed E-state index contributed by atoms with van der Waals surface area (Å²) in [6, 6.07) is 7.50. The minimum absolute atomic E-state index is 0.124. The highest BCUT2D eigenvalue weighted by atomic mass is 16.3. The smallest absolute Gasteiger partial charge is 0.251 e. The van der Waals surface area contributed by atoms with Gasteiger partial charge in [-0.2, -0.15) is 0 Å². The van der Waals surface area contributed by atoms with Crippen LogP contribution < -0.4 is 5.32 Å². The van der Waals surface area contributed by atoms with Crippen molar-refractivity contribution in [1.29, 1.82) is 0 Å². The summed E-state index contributed by atoms with van der Waals surface area (Å²) < 4.78 is 5.45. The Morgan fingerprint density at radius 3 is 2.23 bits per heavy atom. The van der Waals surface area contributed by atoms with Gasteiger partial charge < -0.3 is 14.8 Å². The highest BCUT2D eigenvalue weighted by Gasteiger charge is 2.28. The van der Waals surface area contributed by atoms with Crippen LogP contribution >= 0.6 is 0 Å². The predicted octanol–water partition coefficient (Wildman–Crippen LogP) is 3.15. The molecule has 22 heavy (non-hydrogen) atoms. The maximum Gasteiger partial charge on any atom is 0.251 e. The molecule has 4 nitrogen and oxygen atoms in total. The van der Waals surface area contributed by atoms with Crippen LogP contribution in [-0.4, -0.2) is 17.6 Å². The van der Waals surface area contributed by atoms with Gasteiger partial charge in [0.05, 0.1) is 6.54 Å². The Hall–Kier alpha value is -2.07. The third-order valence-corrected chi connectivity index (χ3v) is 3.70. The minimum Gasteiger partial charge on any atom is -0.466 e. The SMILES string of the molecule is Cc1cc(C)cc(C(=O)NCC(C)(O)c2cc(C)oc2C)c1. The van der Waals surface area contributed by atoms with Crippen LogP contribution in [0.5, 0.6) is 0 Å². The van der Waals surface area contributed by atoms with Gasteiger partial charge >= 0.3 is 0 Å². The third-order valence-electron chi connectivity index (χ3n) is 3.70. The van der Waals surface area contributed by atoms with Crippen LogP contribution in [0.4, 0.5) is 0 Å². The molecule has 2 N–H and O–H groups in total. The maximum atomic E-state index is 12.3. The second-order valence-corrected chi connectivity index (χ2v) is 6.16. The monoisotopic (exact) mass is 301 g/mol. The van der Waals surface area contributed by atoms with Gasteiger partial charge in [-0.25, -0.2) is 0 Å². The number of carbonyl (C=O) groups excluding carboxylic acids is 1. The number of aryl methyl sites for hydroxylation is 4. The molecule has 0 spiro atoms. The van der Waals surface area contributed by atoms with Crippen molar-refractivity contribution in [3.8, 4) is 0 Å². The highest BCUT2D eigenvalue weighted by molar-refractivity contribution is 5.94. The molecule has 1 amide bonds. The normalized spacial score (nSPS) is 13.7. The molecule has 2 rings (SSSR count). The molecular formula is C18H23NO3. The fraction of sp³-hybridized carbons (Fsp3) is 0.389. The van der Waals surface area contributed by atoms with E-state index in [0.29, 0.717) is 16.9 Å². The number of amides is 1. The van der Waals surface area contributed by atoms with Crippen molar-refractivity contribution in [2.45, 2.75) is 40.2 Å². The number of aliphatic hydroxyl groups is 1. The maximum absolute atomic E-state index is 12.3. The number of rotatable bonds is 4. The summed E-state index contributed by atoms with van der Waals surface area (Å²) in [6.07, 6.45) is 0. The molecule has 0 aliphatic rings. The topological polar surface area (TPSA) is 62.5 Å². The molecule has 0 radical (unpaired) electrons. The van der Waals surface area contributed by atoms with Gasteiger partial charge in [-0.15, -0.1) is 0 Å². The average molecular weight is 301 g/mol. The van der Waals surface area contributed by atoms with E-state index >= 15 is 0 Å². The van der Waals surface area contributed by atoms with Crippen molar-refractivity contribution in [3.05, 3.63) is 58.0 Å². The van der Waals surface area contributed by atoms with Gasteiger partial charge in [-0.3, -0.25) is 4.79 Å². The summed E-state index contributed by atoms with van der Waals surface area (Å²) in [6.45, 7) is 9.35. The summed E-state index contributed by atoms with van der Waals surface area (Å²) in [5.74, 6) is 1.22. The van der Waals surface area contributed by atoms with Gasteiger partial charge in [0.2, 0.25) is 0 Å². The largest absolute Gasteiger partial charge is 0.466 e. The van der Waals surface area contributed by atoms with Crippen molar-refractivity contribution in [1.82, 2.24) is 5.32 Å².